The van der Waals surface area contributed by atoms with E-state index in [0.29, 0.717) is 26.1 Å². The number of urea groups is 1. The Balaban J connectivity index is 1.35. The van der Waals surface area contributed by atoms with Crippen LogP contribution in [0.4, 0.5) is 4.79 Å². The van der Waals surface area contributed by atoms with E-state index < -0.39 is 9.84 Å². The predicted octanol–water partition coefficient (Wildman–Crippen LogP) is 0.619. The summed E-state index contributed by atoms with van der Waals surface area (Å²) >= 11 is 1.63. The van der Waals surface area contributed by atoms with Crippen molar-refractivity contribution in [2.24, 2.45) is 0 Å². The number of amides is 2. The maximum Gasteiger partial charge on any atom is 0.317 e. The number of carbonyl (C=O) groups is 1. The SMILES string of the molecule is O=C(NCCc1nc2ccccc2s1)N1CCN[C@H]2CS(=O)(=O)C[C@H]21. The molecule has 0 unspecified atom stereocenters. The van der Waals surface area contributed by atoms with Crippen molar-refractivity contribution >= 4 is 37.4 Å². The van der Waals surface area contributed by atoms with Crippen LogP contribution in [0, 0.1) is 0 Å². The zero-order chi connectivity index (χ0) is 17.4. The summed E-state index contributed by atoms with van der Waals surface area (Å²) in [4.78, 5) is 18.7. The molecule has 0 aliphatic carbocycles. The van der Waals surface area contributed by atoms with Crippen molar-refractivity contribution in [1.82, 2.24) is 20.5 Å². The Kier molecular flexibility index (Phi) is 4.38. The molecule has 2 aromatic rings. The second-order valence-electron chi connectivity index (χ2n) is 6.46. The molecule has 2 saturated heterocycles. The standard InChI is InChI=1S/C16H20N4O3S2/c21-16(20-8-7-17-12-9-25(22,23)10-13(12)20)18-6-5-15-19-11-3-1-2-4-14(11)24-15/h1-4,12-13,17H,5-10H2,(H,18,21)/t12-,13+/m0/s1. The normalized spacial score (nSPS) is 25.0. The van der Waals surface area contributed by atoms with Crippen LogP contribution in [-0.2, 0) is 16.3 Å². The van der Waals surface area contributed by atoms with Crippen LogP contribution in [0.25, 0.3) is 10.2 Å². The first-order valence-electron chi connectivity index (χ1n) is 8.34. The van der Waals surface area contributed by atoms with E-state index in [9.17, 15) is 13.2 Å². The fraction of sp³-hybridized carbons (Fsp3) is 0.500. The second kappa shape index (κ2) is 6.54. The summed E-state index contributed by atoms with van der Waals surface area (Å²) < 4.78 is 24.8. The van der Waals surface area contributed by atoms with Crippen LogP contribution in [0.5, 0.6) is 0 Å². The molecule has 0 radical (unpaired) electrons. The van der Waals surface area contributed by atoms with Gasteiger partial charge in [-0.05, 0) is 12.1 Å². The van der Waals surface area contributed by atoms with Gasteiger partial charge >= 0.3 is 6.03 Å². The number of carbonyl (C=O) groups excluding carboxylic acids is 1. The predicted molar refractivity (Wildman–Crippen MR) is 97.7 cm³/mol. The molecular formula is C16H20N4O3S2. The molecule has 9 heteroatoms. The highest BCUT2D eigenvalue weighted by atomic mass is 32.2. The van der Waals surface area contributed by atoms with Crippen molar-refractivity contribution in [2.45, 2.75) is 18.5 Å². The van der Waals surface area contributed by atoms with E-state index in [-0.39, 0.29) is 29.6 Å². The molecule has 25 heavy (non-hydrogen) atoms. The van der Waals surface area contributed by atoms with Crippen molar-refractivity contribution in [3.8, 4) is 0 Å². The van der Waals surface area contributed by atoms with Gasteiger partial charge in [-0.2, -0.15) is 0 Å². The Morgan fingerprint density at radius 2 is 2.20 bits per heavy atom. The van der Waals surface area contributed by atoms with Gasteiger partial charge in [0.2, 0.25) is 0 Å². The number of thiazole rings is 1. The van der Waals surface area contributed by atoms with E-state index in [1.807, 2.05) is 24.3 Å². The van der Waals surface area contributed by atoms with E-state index in [0.717, 1.165) is 15.2 Å². The molecule has 1 aromatic heterocycles. The molecule has 1 aromatic carbocycles. The Hall–Kier alpha value is -1.71. The molecule has 0 saturated carbocycles. The van der Waals surface area contributed by atoms with Crippen molar-refractivity contribution in [1.29, 1.82) is 0 Å². The first-order chi connectivity index (χ1) is 12.0. The first-order valence-corrected chi connectivity index (χ1v) is 11.0. The third-order valence-corrected chi connectivity index (χ3v) is 7.51. The molecular weight excluding hydrogens is 360 g/mol. The van der Waals surface area contributed by atoms with Gasteiger partial charge in [0.1, 0.15) is 0 Å². The quantitative estimate of drug-likeness (QED) is 0.815. The molecule has 134 valence electrons. The van der Waals surface area contributed by atoms with Gasteiger partial charge in [-0.25, -0.2) is 18.2 Å². The minimum absolute atomic E-state index is 0.0515. The third-order valence-electron chi connectivity index (χ3n) is 4.70. The van der Waals surface area contributed by atoms with Crippen LogP contribution in [0.3, 0.4) is 0 Å². The topological polar surface area (TPSA) is 91.4 Å². The monoisotopic (exact) mass is 380 g/mol. The van der Waals surface area contributed by atoms with E-state index in [1.54, 1.807) is 16.2 Å². The lowest BCUT2D eigenvalue weighted by atomic mass is 10.1. The fourth-order valence-corrected chi connectivity index (χ4v) is 6.45. The Morgan fingerprint density at radius 3 is 3.04 bits per heavy atom. The zero-order valence-electron chi connectivity index (χ0n) is 13.6. The Labute approximate surface area is 150 Å². The number of fused-ring (bicyclic) bond motifs is 2. The average molecular weight is 380 g/mol. The summed E-state index contributed by atoms with van der Waals surface area (Å²) in [5.74, 6) is 0.170. The molecule has 2 fully saturated rings. The van der Waals surface area contributed by atoms with E-state index >= 15 is 0 Å². The lowest BCUT2D eigenvalue weighted by Gasteiger charge is -2.37. The van der Waals surface area contributed by atoms with Gasteiger partial charge in [-0.3, -0.25) is 0 Å². The van der Waals surface area contributed by atoms with Crippen LogP contribution in [0.1, 0.15) is 5.01 Å². The summed E-state index contributed by atoms with van der Waals surface area (Å²) in [6, 6.07) is 7.38. The van der Waals surface area contributed by atoms with Gasteiger partial charge < -0.3 is 15.5 Å². The van der Waals surface area contributed by atoms with Crippen LogP contribution in [-0.4, -0.2) is 67.6 Å². The minimum atomic E-state index is -3.07. The van der Waals surface area contributed by atoms with Gasteiger partial charge in [0.25, 0.3) is 0 Å². The Bertz CT molecular complexity index is 863. The number of hydrogen-bond donors (Lipinski definition) is 2. The average Bonchev–Trinajstić information content (AvgIpc) is 3.12. The number of nitrogens with zero attached hydrogens (tertiary/aromatic N) is 2. The zero-order valence-corrected chi connectivity index (χ0v) is 15.3. The van der Waals surface area contributed by atoms with Gasteiger partial charge in [-0.1, -0.05) is 12.1 Å². The fourth-order valence-electron chi connectivity index (χ4n) is 3.52. The molecule has 4 rings (SSSR count). The van der Waals surface area contributed by atoms with Gasteiger partial charge in [-0.15, -0.1) is 11.3 Å². The number of piperazine rings is 1. The largest absolute Gasteiger partial charge is 0.338 e. The number of benzene rings is 1. The van der Waals surface area contributed by atoms with Crippen molar-refractivity contribution in [2.75, 3.05) is 31.1 Å². The third kappa shape index (κ3) is 3.49. The maximum atomic E-state index is 12.5. The van der Waals surface area contributed by atoms with Crippen molar-refractivity contribution in [3.05, 3.63) is 29.3 Å². The summed E-state index contributed by atoms with van der Waals surface area (Å²) in [6.45, 7) is 1.65. The number of nitrogens with one attached hydrogen (secondary N) is 2. The summed E-state index contributed by atoms with van der Waals surface area (Å²) in [7, 11) is -3.07. The number of para-hydroxylation sites is 1. The lowest BCUT2D eigenvalue weighted by molar-refractivity contribution is 0.151. The number of sulfone groups is 1. The molecule has 2 N–H and O–H groups in total. The molecule has 2 aliphatic heterocycles. The lowest BCUT2D eigenvalue weighted by Crippen LogP contribution is -2.61. The maximum absolute atomic E-state index is 12.5. The van der Waals surface area contributed by atoms with Crippen molar-refractivity contribution < 1.29 is 13.2 Å². The highest BCUT2D eigenvalue weighted by Gasteiger charge is 2.44. The molecule has 0 bridgehead atoms. The second-order valence-corrected chi connectivity index (χ2v) is 9.72. The van der Waals surface area contributed by atoms with E-state index in [2.05, 4.69) is 15.6 Å². The molecule has 3 heterocycles. The number of rotatable bonds is 3. The first kappa shape index (κ1) is 16.7. The van der Waals surface area contributed by atoms with Gasteiger partial charge in [0.15, 0.2) is 9.84 Å². The summed E-state index contributed by atoms with van der Waals surface area (Å²) in [6.07, 6.45) is 0.670. The van der Waals surface area contributed by atoms with Crippen LogP contribution in [0.15, 0.2) is 24.3 Å². The molecule has 2 aliphatic rings. The van der Waals surface area contributed by atoms with Crippen LogP contribution < -0.4 is 10.6 Å². The van der Waals surface area contributed by atoms with E-state index in [1.165, 1.54) is 0 Å². The van der Waals surface area contributed by atoms with Gasteiger partial charge in [0, 0.05) is 32.1 Å². The number of hydrogen-bond acceptors (Lipinski definition) is 6. The minimum Gasteiger partial charge on any atom is -0.338 e. The van der Waals surface area contributed by atoms with Gasteiger partial charge in [0.05, 0.1) is 32.8 Å². The molecule has 2 atom stereocenters. The Morgan fingerprint density at radius 1 is 1.36 bits per heavy atom. The molecule has 2 amide bonds. The smallest absolute Gasteiger partial charge is 0.317 e. The number of aromatic nitrogens is 1. The molecule has 0 spiro atoms. The van der Waals surface area contributed by atoms with Crippen LogP contribution >= 0.6 is 11.3 Å². The molecule has 7 nitrogen and oxygen atoms in total. The van der Waals surface area contributed by atoms with E-state index in [4.69, 9.17) is 0 Å². The summed E-state index contributed by atoms with van der Waals surface area (Å²) in [5.41, 5.74) is 0.981. The highest BCUT2D eigenvalue weighted by Crippen LogP contribution is 2.22. The highest BCUT2D eigenvalue weighted by molar-refractivity contribution is 7.91. The van der Waals surface area contributed by atoms with Crippen molar-refractivity contribution in [3.63, 3.8) is 0 Å². The summed E-state index contributed by atoms with van der Waals surface area (Å²) in [5, 5.41) is 7.11. The van der Waals surface area contributed by atoms with Crippen LogP contribution in [0.2, 0.25) is 0 Å².